The van der Waals surface area contributed by atoms with Crippen molar-refractivity contribution in [3.63, 3.8) is 0 Å². The zero-order valence-electron chi connectivity index (χ0n) is 46.4. The van der Waals surface area contributed by atoms with E-state index in [4.69, 9.17) is 37.9 Å². The smallest absolute Gasteiger partial charge is 0.335 e. The molecule has 3 heterocycles. The summed E-state index contributed by atoms with van der Waals surface area (Å²) in [5.41, 5.74) is -3.78. The van der Waals surface area contributed by atoms with Gasteiger partial charge in [-0.2, -0.15) is 0 Å². The van der Waals surface area contributed by atoms with Gasteiger partial charge in [-0.1, -0.05) is 59.3 Å². The van der Waals surface area contributed by atoms with E-state index in [-0.39, 0.29) is 31.3 Å². The summed E-state index contributed by atoms with van der Waals surface area (Å²) in [7, 11) is 0. The largest absolute Gasteiger partial charge is 0.479 e. The summed E-state index contributed by atoms with van der Waals surface area (Å²) in [5.74, 6) is -3.82. The molecule has 3 aliphatic heterocycles. The Balaban J connectivity index is 1.11. The molecule has 0 aromatic heterocycles. The fraction of sp³-hybridized carbons (Fsp3) is 0.873. The van der Waals surface area contributed by atoms with E-state index < -0.39 is 193 Å². The van der Waals surface area contributed by atoms with Gasteiger partial charge in [0.2, 0.25) is 0 Å². The third-order valence-electron chi connectivity index (χ3n) is 21.0. The molecule has 7 fully saturated rings. The molecule has 79 heavy (non-hydrogen) atoms. The standard InChI is InChI=1S/C55H86O24/c1-10-23(2)46(71)79-44-43(68)55(22-72-24(3)59)26(17-50(44,4)5)25-11-12-30-51(6)15-14-32(52(7,21-58)29(51)13-16-53(30,8)54(25,9)18-31(55)60)75-49-41(77-48-38(66)36(64)34(62)28(20-57)74-48)39(67)40(42(78-49)45(69)70)76-47-37(65)35(63)33(61)27(19-56)73-47/h10-11,26-44,47-49,56-58,60-68H,12-22H2,1-9H3,(H,69,70)/t26?,27?,28?,29?,30?,31-,32?,33?,34?,35?,36?,37?,38?,39?,40?,41?,42?,43+,44?,47?,48?,49?,51-,52?,53+,54-,55-/m0/s1. The number of aliphatic carboxylic acids is 1. The third-order valence-corrected chi connectivity index (χ3v) is 21.0. The number of rotatable bonds is 14. The van der Waals surface area contributed by atoms with Gasteiger partial charge in [-0.15, -0.1) is 0 Å². The molecule has 24 nitrogen and oxygen atoms in total. The maximum atomic E-state index is 13.3. The molecule has 24 heteroatoms. The van der Waals surface area contributed by atoms with Gasteiger partial charge >= 0.3 is 17.9 Å². The molecule has 0 amide bonds. The molecule has 21 unspecified atom stereocenters. The van der Waals surface area contributed by atoms with E-state index in [9.17, 15) is 80.8 Å². The summed E-state index contributed by atoms with van der Waals surface area (Å²) in [6.07, 6.45) is -26.8. The number of carboxylic acids is 1. The average molecular weight is 1130 g/mol. The monoisotopic (exact) mass is 1130 g/mol. The molecule has 13 N–H and O–H groups in total. The number of aliphatic hydroxyl groups is 12. The minimum absolute atomic E-state index is 0.0849. The Morgan fingerprint density at radius 2 is 1.28 bits per heavy atom. The van der Waals surface area contributed by atoms with Gasteiger partial charge < -0.3 is 104 Å². The van der Waals surface area contributed by atoms with Crippen LogP contribution in [0.3, 0.4) is 0 Å². The van der Waals surface area contributed by atoms with Crippen molar-refractivity contribution in [2.45, 2.75) is 224 Å². The van der Waals surface area contributed by atoms with Crippen molar-refractivity contribution in [3.8, 4) is 0 Å². The van der Waals surface area contributed by atoms with Crippen LogP contribution in [0, 0.1) is 50.2 Å². The number of carbonyl (C=O) groups is 3. The Morgan fingerprint density at radius 1 is 0.696 bits per heavy atom. The molecule has 0 aromatic rings. The first-order valence-corrected chi connectivity index (χ1v) is 27.7. The van der Waals surface area contributed by atoms with Crippen LogP contribution in [-0.2, 0) is 52.3 Å². The van der Waals surface area contributed by atoms with Crippen LogP contribution < -0.4 is 0 Å². The summed E-state index contributed by atoms with van der Waals surface area (Å²) in [6, 6.07) is 0. The summed E-state index contributed by atoms with van der Waals surface area (Å²) < 4.78 is 47.7. The summed E-state index contributed by atoms with van der Waals surface area (Å²) in [6.45, 7) is 14.3. The van der Waals surface area contributed by atoms with Crippen molar-refractivity contribution in [2.75, 3.05) is 26.4 Å². The molecule has 450 valence electrons. The number of carboxylic acid groups (broad SMARTS) is 1. The quantitative estimate of drug-likeness (QED) is 0.0415. The zero-order valence-corrected chi connectivity index (χ0v) is 46.4. The average Bonchev–Trinajstić information content (AvgIpc) is 1.69. The van der Waals surface area contributed by atoms with Gasteiger partial charge in [0.15, 0.2) is 25.0 Å². The maximum Gasteiger partial charge on any atom is 0.335 e. The molecule has 0 spiro atoms. The lowest BCUT2D eigenvalue weighted by atomic mass is 9.33. The Kier molecular flexibility index (Phi) is 17.8. The predicted molar refractivity (Wildman–Crippen MR) is 269 cm³/mol. The van der Waals surface area contributed by atoms with Crippen molar-refractivity contribution >= 4 is 17.9 Å². The van der Waals surface area contributed by atoms with Crippen molar-refractivity contribution in [1.29, 1.82) is 0 Å². The number of fused-ring (bicyclic) bond motifs is 7. The highest BCUT2D eigenvalue weighted by Crippen LogP contribution is 2.76. The van der Waals surface area contributed by atoms with E-state index in [0.717, 1.165) is 5.57 Å². The third kappa shape index (κ3) is 10.0. The Bertz CT molecular complexity index is 2290. The van der Waals surface area contributed by atoms with Crippen LogP contribution in [0.1, 0.15) is 107 Å². The number of carbonyl (C=O) groups excluding carboxylic acids is 2. The van der Waals surface area contributed by atoms with E-state index in [1.54, 1.807) is 19.9 Å². The number of ether oxygens (including phenoxy) is 8. The zero-order chi connectivity index (χ0) is 58.4. The van der Waals surface area contributed by atoms with Gasteiger partial charge in [0.1, 0.15) is 86.0 Å². The van der Waals surface area contributed by atoms with E-state index in [1.807, 2.05) is 20.8 Å². The van der Waals surface area contributed by atoms with E-state index in [0.29, 0.717) is 37.7 Å². The summed E-state index contributed by atoms with van der Waals surface area (Å²) >= 11 is 0. The maximum absolute atomic E-state index is 13.3. The topological polar surface area (TPSA) is 388 Å². The first kappa shape index (κ1) is 62.2. The minimum Gasteiger partial charge on any atom is -0.479 e. The predicted octanol–water partition coefficient (Wildman–Crippen LogP) is -1.32. The Labute approximate surface area is 459 Å². The van der Waals surface area contributed by atoms with E-state index >= 15 is 0 Å². The highest BCUT2D eigenvalue weighted by molar-refractivity contribution is 5.87. The number of hydrogen-bond acceptors (Lipinski definition) is 23. The molecule has 27 atom stereocenters. The fourth-order valence-electron chi connectivity index (χ4n) is 16.1. The van der Waals surface area contributed by atoms with Gasteiger partial charge in [0.25, 0.3) is 0 Å². The van der Waals surface area contributed by atoms with E-state index in [2.05, 4.69) is 26.8 Å². The molecule has 0 bridgehead atoms. The van der Waals surface area contributed by atoms with Gasteiger partial charge in [-0.3, -0.25) is 4.79 Å². The molecule has 4 saturated carbocycles. The Hall–Kier alpha value is -2.83. The van der Waals surface area contributed by atoms with E-state index in [1.165, 1.54) is 6.92 Å². The second-order valence-electron chi connectivity index (χ2n) is 25.6. The van der Waals surface area contributed by atoms with Crippen molar-refractivity contribution in [3.05, 3.63) is 23.3 Å². The number of hydrogen-bond donors (Lipinski definition) is 13. The van der Waals surface area contributed by atoms with Crippen LogP contribution in [0.2, 0.25) is 0 Å². The molecule has 5 aliphatic carbocycles. The highest BCUT2D eigenvalue weighted by Gasteiger charge is 2.74. The number of allylic oxidation sites excluding steroid dienone is 3. The molecule has 0 radical (unpaired) electrons. The van der Waals surface area contributed by atoms with Crippen LogP contribution in [-0.4, -0.2) is 227 Å². The number of esters is 2. The van der Waals surface area contributed by atoms with Crippen molar-refractivity contribution in [2.24, 2.45) is 50.2 Å². The number of aliphatic hydroxyl groups excluding tert-OH is 12. The second kappa shape index (κ2) is 22.6. The van der Waals surface area contributed by atoms with Crippen molar-refractivity contribution < 1.29 is 119 Å². The Morgan fingerprint density at radius 3 is 1.81 bits per heavy atom. The van der Waals surface area contributed by atoms with Crippen LogP contribution in [0.15, 0.2) is 23.3 Å². The van der Waals surface area contributed by atoms with Crippen LogP contribution in [0.25, 0.3) is 0 Å². The molecule has 3 saturated heterocycles. The molecular formula is C55H86O24. The van der Waals surface area contributed by atoms with Gasteiger partial charge in [0.05, 0.1) is 37.4 Å². The molecule has 0 aromatic carbocycles. The van der Waals surface area contributed by atoms with Gasteiger partial charge in [-0.25, -0.2) is 9.59 Å². The molecular weight excluding hydrogens is 1040 g/mol. The SMILES string of the molecule is CC=C(C)C(=O)OC1[C@@H](O)[C@@]2(COC(C)=O)C(CC1(C)C)C1=CCC3[C@@]4(C)CCC(OC5OC(C(=O)O)C(OC6OC(CO)C(O)C(O)C6O)C(O)C5OC5OC(CO)C(O)C(O)C5O)C(C)(CO)C4CC[C@@]3(C)[C@@]1(C)C[C@@H]2O. The minimum atomic E-state index is -2.18. The normalized spacial score (nSPS) is 50.6. The van der Waals surface area contributed by atoms with Crippen molar-refractivity contribution in [1.82, 2.24) is 0 Å². The molecule has 8 aliphatic rings. The van der Waals surface area contributed by atoms with Crippen LogP contribution in [0.4, 0.5) is 0 Å². The lowest BCUT2D eigenvalue weighted by Crippen LogP contribution is -2.72. The van der Waals surface area contributed by atoms with Gasteiger partial charge in [-0.05, 0) is 92.8 Å². The fourth-order valence-corrected chi connectivity index (χ4v) is 16.1. The van der Waals surface area contributed by atoms with Crippen LogP contribution >= 0.6 is 0 Å². The van der Waals surface area contributed by atoms with Gasteiger partial charge in [0, 0.05) is 23.3 Å². The molecule has 8 rings (SSSR count). The lowest BCUT2D eigenvalue weighted by Gasteiger charge is -2.72. The highest BCUT2D eigenvalue weighted by atomic mass is 16.8. The first-order chi connectivity index (χ1) is 36.9. The van der Waals surface area contributed by atoms with Crippen LogP contribution in [0.5, 0.6) is 0 Å². The first-order valence-electron chi connectivity index (χ1n) is 27.7. The lowest BCUT2D eigenvalue weighted by molar-refractivity contribution is -0.392. The second-order valence-corrected chi connectivity index (χ2v) is 25.6. The summed E-state index contributed by atoms with van der Waals surface area (Å²) in [4.78, 5) is 39.0. The summed E-state index contributed by atoms with van der Waals surface area (Å²) in [5, 5.41) is 144.